The van der Waals surface area contributed by atoms with E-state index in [1.54, 1.807) is 28.8 Å². The number of thioether (sulfide) groups is 1. The number of carbonyl (C=O) groups excluding carboxylic acids is 2. The second kappa shape index (κ2) is 7.23. The number of nitrogens with zero attached hydrogens (tertiary/aromatic N) is 3. The van der Waals surface area contributed by atoms with Crippen molar-refractivity contribution in [1.82, 2.24) is 14.8 Å². The number of nitrogens with one attached hydrogen (secondary N) is 1. The van der Waals surface area contributed by atoms with Crippen LogP contribution in [0.1, 0.15) is 24.6 Å². The van der Waals surface area contributed by atoms with E-state index in [1.165, 1.54) is 11.8 Å². The van der Waals surface area contributed by atoms with Crippen molar-refractivity contribution in [3.63, 3.8) is 0 Å². The lowest BCUT2D eigenvalue weighted by molar-refractivity contribution is -0.118. The Hall–Kier alpha value is -2.06. The fourth-order valence-corrected chi connectivity index (χ4v) is 3.16. The standard InChI is InChI=1S/C15H16ClN5O2S/c16-10-3-1-2-4-11(10)18-13(23)8-24-15-20-19-14(9-5-6-9)21(15)7-12(17)22/h1-4,9H,5-8H2,(H2,17,22)(H,18,23). The first-order valence-electron chi connectivity index (χ1n) is 7.43. The van der Waals surface area contributed by atoms with Crippen molar-refractivity contribution in [2.75, 3.05) is 11.1 Å². The zero-order chi connectivity index (χ0) is 17.1. The number of anilines is 1. The highest BCUT2D eigenvalue weighted by Gasteiger charge is 2.31. The summed E-state index contributed by atoms with van der Waals surface area (Å²) in [7, 11) is 0. The molecule has 2 aromatic rings. The second-order valence-electron chi connectivity index (χ2n) is 5.48. The van der Waals surface area contributed by atoms with Gasteiger partial charge in [-0.05, 0) is 25.0 Å². The maximum absolute atomic E-state index is 12.1. The van der Waals surface area contributed by atoms with Gasteiger partial charge in [0.15, 0.2) is 5.16 Å². The fraction of sp³-hybridized carbons (Fsp3) is 0.333. The quantitative estimate of drug-likeness (QED) is 0.731. The van der Waals surface area contributed by atoms with Crippen LogP contribution in [0.15, 0.2) is 29.4 Å². The van der Waals surface area contributed by atoms with Gasteiger partial charge in [-0.3, -0.25) is 14.2 Å². The summed E-state index contributed by atoms with van der Waals surface area (Å²) in [5.74, 6) is 0.562. The molecule has 1 heterocycles. The van der Waals surface area contributed by atoms with Crippen molar-refractivity contribution >= 4 is 40.9 Å². The van der Waals surface area contributed by atoms with Crippen molar-refractivity contribution in [3.05, 3.63) is 35.1 Å². The van der Waals surface area contributed by atoms with E-state index in [1.807, 2.05) is 0 Å². The second-order valence-corrected chi connectivity index (χ2v) is 6.83. The van der Waals surface area contributed by atoms with E-state index in [2.05, 4.69) is 15.5 Å². The Bertz CT molecular complexity index is 775. The summed E-state index contributed by atoms with van der Waals surface area (Å²) in [6, 6.07) is 7.01. The Morgan fingerprint density at radius 1 is 1.33 bits per heavy atom. The summed E-state index contributed by atoms with van der Waals surface area (Å²) in [5.41, 5.74) is 5.86. The Morgan fingerprint density at radius 2 is 2.08 bits per heavy atom. The summed E-state index contributed by atoms with van der Waals surface area (Å²) in [6.45, 7) is 0.0211. The third-order valence-corrected chi connectivity index (χ3v) is 4.78. The average Bonchev–Trinajstić information content (AvgIpc) is 3.30. The molecule has 0 atom stereocenters. The van der Waals surface area contributed by atoms with Gasteiger partial charge < -0.3 is 11.1 Å². The Labute approximate surface area is 148 Å². The van der Waals surface area contributed by atoms with Crippen LogP contribution in [0.2, 0.25) is 5.02 Å². The van der Waals surface area contributed by atoms with E-state index >= 15 is 0 Å². The highest BCUT2D eigenvalue weighted by Crippen LogP contribution is 2.40. The number of nitrogens with two attached hydrogens (primary N) is 1. The van der Waals surface area contributed by atoms with Gasteiger partial charge in [0.2, 0.25) is 11.8 Å². The van der Waals surface area contributed by atoms with Gasteiger partial charge in [0.1, 0.15) is 12.4 Å². The van der Waals surface area contributed by atoms with Crippen molar-refractivity contribution in [3.8, 4) is 0 Å². The molecular weight excluding hydrogens is 350 g/mol. The van der Waals surface area contributed by atoms with Gasteiger partial charge in [-0.2, -0.15) is 0 Å². The number of primary amides is 1. The number of amides is 2. The Kier molecular flexibility index (Phi) is 5.06. The molecule has 7 nitrogen and oxygen atoms in total. The maximum Gasteiger partial charge on any atom is 0.237 e. The summed E-state index contributed by atoms with van der Waals surface area (Å²) >= 11 is 7.23. The number of rotatable bonds is 7. The molecule has 0 spiro atoms. The number of benzene rings is 1. The predicted octanol–water partition coefficient (Wildman–Crippen LogP) is 2.02. The number of hydrogen-bond donors (Lipinski definition) is 2. The van der Waals surface area contributed by atoms with Gasteiger partial charge in [0.25, 0.3) is 0 Å². The number of para-hydroxylation sites is 1. The molecule has 126 valence electrons. The van der Waals surface area contributed by atoms with E-state index in [9.17, 15) is 9.59 Å². The van der Waals surface area contributed by atoms with Crippen LogP contribution >= 0.6 is 23.4 Å². The molecule has 1 aromatic heterocycles. The minimum Gasteiger partial charge on any atom is -0.368 e. The van der Waals surface area contributed by atoms with Gasteiger partial charge in [-0.15, -0.1) is 10.2 Å². The fourth-order valence-electron chi connectivity index (χ4n) is 2.23. The first-order valence-corrected chi connectivity index (χ1v) is 8.79. The van der Waals surface area contributed by atoms with Crippen LogP contribution in [-0.2, 0) is 16.1 Å². The van der Waals surface area contributed by atoms with Crippen LogP contribution in [0, 0.1) is 0 Å². The van der Waals surface area contributed by atoms with Gasteiger partial charge in [-0.25, -0.2) is 0 Å². The van der Waals surface area contributed by atoms with Crippen LogP contribution in [0.4, 0.5) is 5.69 Å². The molecule has 0 saturated heterocycles. The molecule has 1 aromatic carbocycles. The molecule has 1 fully saturated rings. The van der Waals surface area contributed by atoms with Gasteiger partial charge >= 0.3 is 0 Å². The van der Waals surface area contributed by atoms with Crippen LogP contribution < -0.4 is 11.1 Å². The average molecular weight is 366 g/mol. The molecule has 0 aliphatic heterocycles. The SMILES string of the molecule is NC(=O)Cn1c(SCC(=O)Nc2ccccc2Cl)nnc1C1CC1. The van der Waals surface area contributed by atoms with Gasteiger partial charge in [0, 0.05) is 5.92 Å². The molecule has 2 amide bonds. The molecule has 3 rings (SSSR count). The largest absolute Gasteiger partial charge is 0.368 e. The lowest BCUT2D eigenvalue weighted by Gasteiger charge is -2.08. The van der Waals surface area contributed by atoms with Crippen molar-refractivity contribution in [2.45, 2.75) is 30.5 Å². The highest BCUT2D eigenvalue weighted by molar-refractivity contribution is 7.99. The molecule has 9 heteroatoms. The third-order valence-electron chi connectivity index (χ3n) is 3.48. The first-order chi connectivity index (χ1) is 11.5. The lowest BCUT2D eigenvalue weighted by atomic mass is 10.3. The van der Waals surface area contributed by atoms with Gasteiger partial charge in [0.05, 0.1) is 16.5 Å². The Morgan fingerprint density at radius 3 is 2.75 bits per heavy atom. The molecule has 1 saturated carbocycles. The molecule has 3 N–H and O–H groups in total. The van der Waals surface area contributed by atoms with Crippen LogP contribution in [0.25, 0.3) is 0 Å². The number of aromatic nitrogens is 3. The smallest absolute Gasteiger partial charge is 0.237 e. The van der Waals surface area contributed by atoms with Crippen LogP contribution in [0.3, 0.4) is 0 Å². The molecule has 1 aliphatic carbocycles. The van der Waals surface area contributed by atoms with E-state index in [4.69, 9.17) is 17.3 Å². The summed E-state index contributed by atoms with van der Waals surface area (Å²) in [4.78, 5) is 23.4. The van der Waals surface area contributed by atoms with E-state index < -0.39 is 5.91 Å². The monoisotopic (exact) mass is 365 g/mol. The molecule has 24 heavy (non-hydrogen) atoms. The topological polar surface area (TPSA) is 103 Å². The molecule has 0 radical (unpaired) electrons. The normalized spacial score (nSPS) is 13.7. The van der Waals surface area contributed by atoms with Crippen LogP contribution in [-0.4, -0.2) is 32.3 Å². The minimum atomic E-state index is -0.459. The number of halogens is 1. The van der Waals surface area contributed by atoms with Crippen molar-refractivity contribution in [1.29, 1.82) is 0 Å². The minimum absolute atomic E-state index is 0.0211. The van der Waals surface area contributed by atoms with Crippen LogP contribution in [0.5, 0.6) is 0 Å². The van der Waals surface area contributed by atoms with Crippen molar-refractivity contribution < 1.29 is 9.59 Å². The van der Waals surface area contributed by atoms with E-state index in [0.717, 1.165) is 18.7 Å². The van der Waals surface area contributed by atoms with Gasteiger partial charge in [-0.1, -0.05) is 35.5 Å². The molecular formula is C15H16ClN5O2S. The molecule has 1 aliphatic rings. The Balaban J connectivity index is 1.64. The summed E-state index contributed by atoms with van der Waals surface area (Å²) < 4.78 is 1.70. The van der Waals surface area contributed by atoms with E-state index in [0.29, 0.717) is 21.8 Å². The zero-order valence-electron chi connectivity index (χ0n) is 12.7. The first kappa shape index (κ1) is 16.8. The maximum atomic E-state index is 12.1. The van der Waals surface area contributed by atoms with Crippen molar-refractivity contribution in [2.24, 2.45) is 5.73 Å². The number of hydrogen-bond acceptors (Lipinski definition) is 5. The summed E-state index contributed by atoms with van der Waals surface area (Å²) in [5, 5.41) is 12.0. The number of carbonyl (C=O) groups is 2. The third kappa shape index (κ3) is 4.07. The predicted molar refractivity (Wildman–Crippen MR) is 92.0 cm³/mol. The zero-order valence-corrected chi connectivity index (χ0v) is 14.3. The van der Waals surface area contributed by atoms with E-state index in [-0.39, 0.29) is 18.2 Å². The lowest BCUT2D eigenvalue weighted by Crippen LogP contribution is -2.21. The molecule has 0 bridgehead atoms. The molecule has 0 unspecified atom stereocenters. The highest BCUT2D eigenvalue weighted by atomic mass is 35.5. The summed E-state index contributed by atoms with van der Waals surface area (Å²) in [6.07, 6.45) is 2.07.